The summed E-state index contributed by atoms with van der Waals surface area (Å²) in [5.41, 5.74) is 0. The minimum absolute atomic E-state index is 0.237. The molecule has 0 rings (SSSR count). The van der Waals surface area contributed by atoms with Crippen molar-refractivity contribution in [1.29, 1.82) is 0 Å². The van der Waals surface area contributed by atoms with Crippen LogP contribution in [-0.2, 0) is 9.84 Å². The molecule has 0 aromatic carbocycles. The zero-order valence-electron chi connectivity index (χ0n) is 12.8. The van der Waals surface area contributed by atoms with Gasteiger partial charge in [0.05, 0.1) is 10.5 Å². The van der Waals surface area contributed by atoms with Gasteiger partial charge in [0, 0.05) is 6.54 Å². The van der Waals surface area contributed by atoms with E-state index in [1.54, 1.807) is 20.8 Å². The molecule has 0 aromatic rings. The van der Waals surface area contributed by atoms with Crippen LogP contribution in [0.5, 0.6) is 0 Å². The van der Waals surface area contributed by atoms with Crippen LogP contribution < -0.4 is 5.32 Å². The fraction of sp³-hybridized carbons (Fsp3) is 1.00. The number of hydrogen-bond acceptors (Lipinski definition) is 3. The van der Waals surface area contributed by atoms with E-state index in [2.05, 4.69) is 19.2 Å². The van der Waals surface area contributed by atoms with E-state index in [1.165, 1.54) is 25.7 Å². The van der Waals surface area contributed by atoms with Crippen molar-refractivity contribution in [1.82, 2.24) is 5.32 Å². The Kier molecular flexibility index (Phi) is 8.11. The molecule has 3 nitrogen and oxygen atoms in total. The quantitative estimate of drug-likeness (QED) is 0.659. The van der Waals surface area contributed by atoms with Crippen molar-refractivity contribution in [2.45, 2.75) is 65.0 Å². The van der Waals surface area contributed by atoms with Crippen molar-refractivity contribution in [3.05, 3.63) is 0 Å². The molecule has 4 heteroatoms. The third kappa shape index (κ3) is 6.74. The molecule has 0 radical (unpaired) electrons. The Morgan fingerprint density at radius 1 is 1.17 bits per heavy atom. The van der Waals surface area contributed by atoms with E-state index < -0.39 is 14.6 Å². The highest BCUT2D eigenvalue weighted by molar-refractivity contribution is 7.92. The van der Waals surface area contributed by atoms with Crippen LogP contribution in [0.1, 0.15) is 60.3 Å². The fourth-order valence-electron chi connectivity index (χ4n) is 1.76. The zero-order valence-corrected chi connectivity index (χ0v) is 13.6. The third-order valence-electron chi connectivity index (χ3n) is 3.46. The molecular weight excluding hydrogens is 246 g/mol. The topological polar surface area (TPSA) is 46.2 Å². The first-order valence-corrected chi connectivity index (χ1v) is 8.82. The highest BCUT2D eigenvalue weighted by Gasteiger charge is 2.28. The van der Waals surface area contributed by atoms with Gasteiger partial charge in [-0.1, -0.05) is 33.1 Å². The molecule has 1 N–H and O–H groups in total. The normalized spacial score (nSPS) is 14.7. The molecule has 0 heterocycles. The number of sulfone groups is 1. The zero-order chi connectivity index (χ0) is 14.2. The molecule has 0 aromatic heterocycles. The van der Waals surface area contributed by atoms with Gasteiger partial charge in [-0.05, 0) is 39.7 Å². The highest BCUT2D eigenvalue weighted by Crippen LogP contribution is 2.15. The second-order valence-electron chi connectivity index (χ2n) is 6.05. The Bertz CT molecular complexity index is 304. The average Bonchev–Trinajstić information content (AvgIpc) is 2.26. The minimum Gasteiger partial charge on any atom is -0.315 e. The molecule has 0 aliphatic rings. The Balaban J connectivity index is 3.92. The van der Waals surface area contributed by atoms with Crippen molar-refractivity contribution in [3.63, 3.8) is 0 Å². The number of rotatable bonds is 9. The molecule has 1 atom stereocenters. The van der Waals surface area contributed by atoms with Crippen molar-refractivity contribution in [2.24, 2.45) is 5.92 Å². The van der Waals surface area contributed by atoms with Crippen molar-refractivity contribution in [3.8, 4) is 0 Å². The van der Waals surface area contributed by atoms with Crippen LogP contribution in [0.2, 0.25) is 0 Å². The summed E-state index contributed by atoms with van der Waals surface area (Å²) in [5.74, 6) is 0.919. The first kappa shape index (κ1) is 17.9. The van der Waals surface area contributed by atoms with Crippen LogP contribution in [0.4, 0.5) is 0 Å². The molecule has 0 fully saturated rings. The predicted molar refractivity (Wildman–Crippen MR) is 79.7 cm³/mol. The van der Waals surface area contributed by atoms with E-state index >= 15 is 0 Å². The first-order chi connectivity index (χ1) is 8.24. The van der Waals surface area contributed by atoms with Gasteiger partial charge in [-0.15, -0.1) is 0 Å². The number of hydrogen-bond donors (Lipinski definition) is 1. The standard InChI is InChI=1S/C14H31NO2S/c1-6-8-9-13(7-2)12-15-10-11-18(16,17)14(3,4)5/h13,15H,6-12H2,1-5H3. The van der Waals surface area contributed by atoms with Gasteiger partial charge in [-0.25, -0.2) is 8.42 Å². The Morgan fingerprint density at radius 2 is 1.78 bits per heavy atom. The van der Waals surface area contributed by atoms with Gasteiger partial charge in [-0.2, -0.15) is 0 Å². The molecule has 0 saturated heterocycles. The highest BCUT2D eigenvalue weighted by atomic mass is 32.2. The molecule has 18 heavy (non-hydrogen) atoms. The summed E-state index contributed by atoms with van der Waals surface area (Å²) in [7, 11) is -2.98. The lowest BCUT2D eigenvalue weighted by atomic mass is 9.99. The van der Waals surface area contributed by atoms with Gasteiger partial charge in [0.25, 0.3) is 0 Å². The van der Waals surface area contributed by atoms with Crippen LogP contribution in [0, 0.1) is 5.92 Å². The first-order valence-electron chi connectivity index (χ1n) is 7.17. The van der Waals surface area contributed by atoms with Gasteiger partial charge in [0.2, 0.25) is 0 Å². The minimum atomic E-state index is -2.98. The molecule has 0 spiro atoms. The van der Waals surface area contributed by atoms with Crippen molar-refractivity contribution in [2.75, 3.05) is 18.8 Å². The van der Waals surface area contributed by atoms with Crippen LogP contribution in [-0.4, -0.2) is 32.0 Å². The molecule has 0 aliphatic carbocycles. The maximum absolute atomic E-state index is 11.9. The summed E-state index contributed by atoms with van der Waals surface area (Å²) in [6.45, 7) is 11.2. The monoisotopic (exact) mass is 277 g/mol. The molecular formula is C14H31NO2S. The summed E-state index contributed by atoms with van der Waals surface area (Å²) in [6, 6.07) is 0. The van der Waals surface area contributed by atoms with E-state index in [4.69, 9.17) is 0 Å². The Hall–Kier alpha value is -0.0900. The van der Waals surface area contributed by atoms with E-state index in [0.717, 1.165) is 6.54 Å². The second kappa shape index (κ2) is 8.16. The molecule has 0 bridgehead atoms. The molecule has 0 aliphatic heterocycles. The summed E-state index contributed by atoms with van der Waals surface area (Å²) >= 11 is 0. The molecule has 1 unspecified atom stereocenters. The second-order valence-corrected chi connectivity index (χ2v) is 8.91. The largest absolute Gasteiger partial charge is 0.315 e. The summed E-state index contributed by atoms with van der Waals surface area (Å²) in [4.78, 5) is 0. The van der Waals surface area contributed by atoms with Gasteiger partial charge < -0.3 is 5.32 Å². The predicted octanol–water partition coefficient (Wildman–Crippen LogP) is 3.01. The lowest BCUT2D eigenvalue weighted by Crippen LogP contribution is -2.35. The smallest absolute Gasteiger partial charge is 0.156 e. The van der Waals surface area contributed by atoms with Gasteiger partial charge >= 0.3 is 0 Å². The number of unbranched alkanes of at least 4 members (excludes halogenated alkanes) is 1. The van der Waals surface area contributed by atoms with Crippen LogP contribution in [0.15, 0.2) is 0 Å². The average molecular weight is 277 g/mol. The molecule has 110 valence electrons. The number of nitrogens with one attached hydrogen (secondary N) is 1. The Labute approximate surface area is 114 Å². The molecule has 0 amide bonds. The maximum atomic E-state index is 11.9. The van der Waals surface area contributed by atoms with Crippen LogP contribution in [0.25, 0.3) is 0 Å². The SMILES string of the molecule is CCCCC(CC)CNCCS(=O)(=O)C(C)(C)C. The fourth-order valence-corrected chi connectivity index (χ4v) is 2.79. The van der Waals surface area contributed by atoms with E-state index in [-0.39, 0.29) is 5.75 Å². The van der Waals surface area contributed by atoms with Gasteiger partial charge in [0.1, 0.15) is 0 Å². The summed E-state index contributed by atoms with van der Waals surface area (Å²) in [6.07, 6.45) is 4.90. The van der Waals surface area contributed by atoms with Gasteiger partial charge in [0.15, 0.2) is 9.84 Å². The Morgan fingerprint density at radius 3 is 2.22 bits per heavy atom. The van der Waals surface area contributed by atoms with E-state index in [9.17, 15) is 8.42 Å². The summed E-state index contributed by atoms with van der Waals surface area (Å²) in [5, 5.41) is 3.29. The maximum Gasteiger partial charge on any atom is 0.156 e. The van der Waals surface area contributed by atoms with Crippen molar-refractivity contribution >= 4 is 9.84 Å². The molecule has 0 saturated carbocycles. The van der Waals surface area contributed by atoms with Crippen LogP contribution in [0.3, 0.4) is 0 Å². The van der Waals surface area contributed by atoms with E-state index in [0.29, 0.717) is 12.5 Å². The lowest BCUT2D eigenvalue weighted by molar-refractivity contribution is 0.424. The third-order valence-corrected chi connectivity index (χ3v) is 6.06. The lowest BCUT2D eigenvalue weighted by Gasteiger charge is -2.20. The van der Waals surface area contributed by atoms with Crippen molar-refractivity contribution < 1.29 is 8.42 Å². The summed E-state index contributed by atoms with van der Waals surface area (Å²) < 4.78 is 23.2. The van der Waals surface area contributed by atoms with Gasteiger partial charge in [-0.3, -0.25) is 0 Å². The van der Waals surface area contributed by atoms with Crippen LogP contribution >= 0.6 is 0 Å². The van der Waals surface area contributed by atoms with E-state index in [1.807, 2.05) is 0 Å².